The van der Waals surface area contributed by atoms with Crippen molar-refractivity contribution in [2.45, 2.75) is 19.8 Å². The van der Waals surface area contributed by atoms with Crippen LogP contribution in [0.25, 0.3) is 0 Å². The third-order valence-electron chi connectivity index (χ3n) is 5.07. The molecule has 2 aromatic rings. The van der Waals surface area contributed by atoms with Crippen LogP contribution in [0.1, 0.15) is 29.3 Å². The SMILES string of the molecule is CCOC(=O)C1=C(NCCc2ccccc2)CCN(C(=O)c2ccc([N+](=O)[O-])cc2)C1. The lowest BCUT2D eigenvalue weighted by molar-refractivity contribution is -0.384. The van der Waals surface area contributed by atoms with Crippen LogP contribution in [0.5, 0.6) is 0 Å². The van der Waals surface area contributed by atoms with Gasteiger partial charge in [0, 0.05) is 42.9 Å². The fourth-order valence-electron chi connectivity index (χ4n) is 3.45. The molecule has 8 nitrogen and oxygen atoms in total. The molecule has 0 saturated carbocycles. The minimum atomic E-state index is -0.510. The number of rotatable bonds is 8. The van der Waals surface area contributed by atoms with Gasteiger partial charge in [-0.25, -0.2) is 4.79 Å². The van der Waals surface area contributed by atoms with Gasteiger partial charge in [0.2, 0.25) is 0 Å². The Morgan fingerprint density at radius 1 is 1.13 bits per heavy atom. The number of nitro benzene ring substituents is 1. The Hall–Kier alpha value is -3.68. The number of benzene rings is 2. The predicted molar refractivity (Wildman–Crippen MR) is 115 cm³/mol. The smallest absolute Gasteiger partial charge is 0.337 e. The topological polar surface area (TPSA) is 102 Å². The summed E-state index contributed by atoms with van der Waals surface area (Å²) in [5, 5.41) is 14.2. The zero-order valence-corrected chi connectivity index (χ0v) is 17.4. The number of ether oxygens (including phenoxy) is 1. The van der Waals surface area contributed by atoms with Crippen LogP contribution in [0.15, 0.2) is 65.9 Å². The van der Waals surface area contributed by atoms with Crippen LogP contribution in [0.2, 0.25) is 0 Å². The van der Waals surface area contributed by atoms with E-state index in [2.05, 4.69) is 5.32 Å². The lowest BCUT2D eigenvalue weighted by Crippen LogP contribution is -2.41. The van der Waals surface area contributed by atoms with Crippen molar-refractivity contribution in [1.82, 2.24) is 10.2 Å². The lowest BCUT2D eigenvalue weighted by atomic mass is 10.0. The zero-order valence-electron chi connectivity index (χ0n) is 17.4. The van der Waals surface area contributed by atoms with Gasteiger partial charge in [-0.1, -0.05) is 30.3 Å². The molecule has 0 atom stereocenters. The van der Waals surface area contributed by atoms with Gasteiger partial charge in [0.15, 0.2) is 0 Å². The normalized spacial score (nSPS) is 13.6. The number of hydrogen-bond donors (Lipinski definition) is 1. The van der Waals surface area contributed by atoms with Crippen molar-refractivity contribution in [3.63, 3.8) is 0 Å². The second-order valence-electron chi connectivity index (χ2n) is 7.12. The Kier molecular flexibility index (Phi) is 7.37. The number of hydrogen-bond acceptors (Lipinski definition) is 6. The first-order valence-corrected chi connectivity index (χ1v) is 10.2. The molecule has 2 aromatic carbocycles. The molecule has 1 N–H and O–H groups in total. The molecule has 0 spiro atoms. The number of non-ortho nitro benzene ring substituents is 1. The summed E-state index contributed by atoms with van der Waals surface area (Å²) >= 11 is 0. The van der Waals surface area contributed by atoms with E-state index in [4.69, 9.17) is 4.74 Å². The highest BCUT2D eigenvalue weighted by Gasteiger charge is 2.28. The molecule has 8 heteroatoms. The fourth-order valence-corrected chi connectivity index (χ4v) is 3.45. The van der Waals surface area contributed by atoms with Crippen LogP contribution >= 0.6 is 0 Å². The highest BCUT2D eigenvalue weighted by molar-refractivity contribution is 5.97. The van der Waals surface area contributed by atoms with Crippen LogP contribution in [0.4, 0.5) is 5.69 Å². The summed E-state index contributed by atoms with van der Waals surface area (Å²) in [4.78, 5) is 37.3. The summed E-state index contributed by atoms with van der Waals surface area (Å²) < 4.78 is 5.20. The van der Waals surface area contributed by atoms with Crippen LogP contribution in [0, 0.1) is 10.1 Å². The van der Waals surface area contributed by atoms with E-state index >= 15 is 0 Å². The van der Waals surface area contributed by atoms with E-state index in [1.165, 1.54) is 29.8 Å². The van der Waals surface area contributed by atoms with Crippen molar-refractivity contribution >= 4 is 17.6 Å². The minimum absolute atomic E-state index is 0.0767. The summed E-state index contributed by atoms with van der Waals surface area (Å²) in [7, 11) is 0. The molecule has 0 bridgehead atoms. The Balaban J connectivity index is 1.71. The average molecular weight is 423 g/mol. The number of nitro groups is 1. The van der Waals surface area contributed by atoms with Gasteiger partial charge < -0.3 is 15.0 Å². The molecule has 162 valence electrons. The molecular weight excluding hydrogens is 398 g/mol. The second-order valence-corrected chi connectivity index (χ2v) is 7.12. The Morgan fingerprint density at radius 2 is 1.84 bits per heavy atom. The van der Waals surface area contributed by atoms with E-state index in [-0.39, 0.29) is 24.7 Å². The number of nitrogens with one attached hydrogen (secondary N) is 1. The van der Waals surface area contributed by atoms with Crippen LogP contribution < -0.4 is 5.32 Å². The van der Waals surface area contributed by atoms with E-state index in [9.17, 15) is 19.7 Å². The van der Waals surface area contributed by atoms with Crippen molar-refractivity contribution in [1.29, 1.82) is 0 Å². The van der Waals surface area contributed by atoms with E-state index in [1.54, 1.807) is 11.8 Å². The number of nitrogens with zero attached hydrogens (tertiary/aromatic N) is 2. The Morgan fingerprint density at radius 3 is 2.48 bits per heavy atom. The monoisotopic (exact) mass is 423 g/mol. The Labute approximate surface area is 180 Å². The van der Waals surface area contributed by atoms with Gasteiger partial charge in [0.05, 0.1) is 23.6 Å². The number of carbonyl (C=O) groups excluding carboxylic acids is 2. The minimum Gasteiger partial charge on any atom is -0.463 e. The quantitative estimate of drug-likeness (QED) is 0.398. The molecule has 0 unspecified atom stereocenters. The first-order valence-electron chi connectivity index (χ1n) is 10.2. The zero-order chi connectivity index (χ0) is 22.2. The molecule has 0 aromatic heterocycles. The predicted octanol–water partition coefficient (Wildman–Crippen LogP) is 3.09. The standard InChI is InChI=1S/C23H25N3O5/c1-2-31-23(28)20-16-25(22(27)18-8-10-19(11-9-18)26(29)30)15-13-21(20)24-14-12-17-6-4-3-5-7-17/h3-11,24H,2,12-16H2,1H3. The largest absolute Gasteiger partial charge is 0.463 e. The van der Waals surface area contributed by atoms with E-state index in [1.807, 2.05) is 30.3 Å². The first-order chi connectivity index (χ1) is 15.0. The number of amides is 1. The summed E-state index contributed by atoms with van der Waals surface area (Å²) in [5.74, 6) is -0.717. The van der Waals surface area contributed by atoms with Crippen LogP contribution in [0.3, 0.4) is 0 Å². The number of esters is 1. The maximum absolute atomic E-state index is 12.9. The summed E-state index contributed by atoms with van der Waals surface area (Å²) in [6.07, 6.45) is 1.31. The third kappa shape index (κ3) is 5.69. The molecule has 0 aliphatic carbocycles. The van der Waals surface area contributed by atoms with Gasteiger partial charge in [0.1, 0.15) is 0 Å². The van der Waals surface area contributed by atoms with Gasteiger partial charge >= 0.3 is 5.97 Å². The van der Waals surface area contributed by atoms with Crippen LogP contribution in [-0.2, 0) is 16.0 Å². The highest BCUT2D eigenvalue weighted by Crippen LogP contribution is 2.21. The lowest BCUT2D eigenvalue weighted by Gasteiger charge is -2.30. The maximum atomic E-state index is 12.9. The molecular formula is C23H25N3O5. The van der Waals surface area contributed by atoms with Crippen molar-refractivity contribution < 1.29 is 19.2 Å². The first kappa shape index (κ1) is 22.0. The van der Waals surface area contributed by atoms with Gasteiger partial charge in [-0.15, -0.1) is 0 Å². The molecule has 3 rings (SSSR count). The molecule has 0 saturated heterocycles. The van der Waals surface area contributed by atoms with Gasteiger partial charge in [-0.05, 0) is 31.0 Å². The Bertz CT molecular complexity index is 970. The van der Waals surface area contributed by atoms with Crippen molar-refractivity contribution in [3.8, 4) is 0 Å². The molecule has 1 amide bonds. The van der Waals surface area contributed by atoms with E-state index in [0.29, 0.717) is 30.6 Å². The summed E-state index contributed by atoms with van der Waals surface area (Å²) in [6.45, 7) is 3.22. The van der Waals surface area contributed by atoms with Crippen molar-refractivity contribution in [3.05, 3.63) is 87.1 Å². The van der Waals surface area contributed by atoms with Gasteiger partial charge in [-0.2, -0.15) is 0 Å². The molecule has 0 fully saturated rings. The van der Waals surface area contributed by atoms with Crippen molar-refractivity contribution in [2.75, 3.05) is 26.2 Å². The second kappa shape index (κ2) is 10.4. The fraction of sp³-hybridized carbons (Fsp3) is 0.304. The maximum Gasteiger partial charge on any atom is 0.337 e. The van der Waals surface area contributed by atoms with Gasteiger partial charge in [0.25, 0.3) is 11.6 Å². The molecule has 1 heterocycles. The number of carbonyl (C=O) groups is 2. The van der Waals surface area contributed by atoms with Gasteiger partial charge in [-0.3, -0.25) is 14.9 Å². The van der Waals surface area contributed by atoms with Crippen LogP contribution in [-0.4, -0.2) is 47.9 Å². The average Bonchev–Trinajstić information content (AvgIpc) is 2.79. The highest BCUT2D eigenvalue weighted by atomic mass is 16.6. The summed E-state index contributed by atoms with van der Waals surface area (Å²) in [6, 6.07) is 15.5. The molecule has 1 aliphatic rings. The molecule has 1 aliphatic heterocycles. The van der Waals surface area contributed by atoms with Crippen molar-refractivity contribution in [2.24, 2.45) is 0 Å². The van der Waals surface area contributed by atoms with E-state index < -0.39 is 10.9 Å². The van der Waals surface area contributed by atoms with E-state index in [0.717, 1.165) is 12.1 Å². The summed E-state index contributed by atoms with van der Waals surface area (Å²) in [5.41, 5.74) is 2.69. The molecule has 0 radical (unpaired) electrons. The molecule has 31 heavy (non-hydrogen) atoms. The third-order valence-corrected chi connectivity index (χ3v) is 5.07.